The largest absolute Gasteiger partial charge is 0.480 e. The van der Waals surface area contributed by atoms with Gasteiger partial charge in [-0.15, -0.1) is 4.91 Å². The van der Waals surface area contributed by atoms with Crippen molar-refractivity contribution in [1.29, 1.82) is 0 Å². The normalized spacial score (nSPS) is 15.9. The summed E-state index contributed by atoms with van der Waals surface area (Å²) in [6, 6.07) is 6.73. The molecule has 1 aromatic rings. The van der Waals surface area contributed by atoms with Crippen molar-refractivity contribution in [2.24, 2.45) is 11.0 Å². The van der Waals surface area contributed by atoms with E-state index in [-0.39, 0.29) is 12.3 Å². The number of aliphatic carboxylic acids is 1. The van der Waals surface area contributed by atoms with Gasteiger partial charge in [-0.2, -0.15) is 0 Å². The Morgan fingerprint density at radius 1 is 1.02 bits per heavy atom. The topological polar surface area (TPSA) is 183 Å². The summed E-state index contributed by atoms with van der Waals surface area (Å²) in [5.74, 6) is 2.79. The highest BCUT2D eigenvalue weighted by molar-refractivity contribution is 5.91. The summed E-state index contributed by atoms with van der Waals surface area (Å²) in [4.78, 5) is 61.6. The standard InChI is InChI=1S/C26H40N6O6.C2H6/c27-29-17-7-5-13-23(33)28-16-6-4-11-20(25(35)32-18-8-12-22(32)24(34)31-38)30-21(26(36)37)15-14-19-9-2-1-3-10-19;1-2/h1-3,9-10,20-22,29-30H,4-8,11-18,27H2,(H,28,33)(H,36,37);1-2H3. The molecule has 3 atom stereocenters. The van der Waals surface area contributed by atoms with Gasteiger partial charge in [0.25, 0.3) is 0 Å². The maximum absolute atomic E-state index is 13.4. The number of hydrogen-bond acceptors (Lipinski definition) is 8. The number of carboxylic acid groups (broad SMARTS) is 1. The molecule has 3 amide bonds. The van der Waals surface area contributed by atoms with Gasteiger partial charge in [-0.3, -0.25) is 35.8 Å². The maximum Gasteiger partial charge on any atom is 0.320 e. The average molecular weight is 563 g/mol. The van der Waals surface area contributed by atoms with Gasteiger partial charge in [0.05, 0.1) is 6.04 Å². The molecule has 0 spiro atoms. The summed E-state index contributed by atoms with van der Waals surface area (Å²) >= 11 is 0. The zero-order chi connectivity index (χ0) is 29.8. The van der Waals surface area contributed by atoms with Crippen LogP contribution in [0.1, 0.15) is 77.2 Å². The van der Waals surface area contributed by atoms with Crippen LogP contribution in [-0.2, 0) is 25.6 Å². The van der Waals surface area contributed by atoms with E-state index in [9.17, 15) is 29.2 Å². The Balaban J connectivity index is 0.00000391. The minimum Gasteiger partial charge on any atom is -0.480 e. The zero-order valence-electron chi connectivity index (χ0n) is 23.8. The predicted molar refractivity (Wildman–Crippen MR) is 153 cm³/mol. The average Bonchev–Trinajstić information content (AvgIpc) is 3.47. The third kappa shape index (κ3) is 12.8. The molecule has 0 aromatic heterocycles. The van der Waals surface area contributed by atoms with Crippen molar-refractivity contribution in [3.8, 4) is 0 Å². The molecule has 0 saturated carbocycles. The number of likely N-dealkylation sites (tertiary alicyclic amines) is 1. The monoisotopic (exact) mass is 562 g/mol. The third-order valence-corrected chi connectivity index (χ3v) is 6.69. The van der Waals surface area contributed by atoms with Crippen molar-refractivity contribution in [1.82, 2.24) is 21.0 Å². The smallest absolute Gasteiger partial charge is 0.320 e. The quantitative estimate of drug-likeness (QED) is 0.0775. The molecule has 40 heavy (non-hydrogen) atoms. The van der Waals surface area contributed by atoms with Crippen molar-refractivity contribution < 1.29 is 24.3 Å². The molecule has 1 aliphatic rings. The fourth-order valence-electron chi connectivity index (χ4n) is 4.61. The van der Waals surface area contributed by atoms with Gasteiger partial charge >= 0.3 is 11.9 Å². The lowest BCUT2D eigenvalue weighted by Crippen LogP contribution is -2.54. The van der Waals surface area contributed by atoms with Crippen LogP contribution in [0.5, 0.6) is 0 Å². The van der Waals surface area contributed by atoms with E-state index in [0.717, 1.165) is 18.4 Å². The molecular weight excluding hydrogens is 516 g/mol. The number of rotatable bonds is 18. The van der Waals surface area contributed by atoms with Crippen molar-refractivity contribution in [2.75, 3.05) is 19.6 Å². The van der Waals surface area contributed by atoms with Crippen LogP contribution in [0, 0.1) is 4.91 Å². The minimum absolute atomic E-state index is 0.0561. The molecule has 224 valence electrons. The Labute approximate surface area is 236 Å². The number of nitrogens with one attached hydrogen (secondary N) is 3. The highest BCUT2D eigenvalue weighted by atomic mass is 16.4. The molecule has 12 heteroatoms. The van der Waals surface area contributed by atoms with Crippen LogP contribution in [0.3, 0.4) is 0 Å². The van der Waals surface area contributed by atoms with Gasteiger partial charge in [-0.1, -0.05) is 44.2 Å². The molecule has 3 unspecified atom stereocenters. The lowest BCUT2D eigenvalue weighted by molar-refractivity contribution is -0.142. The summed E-state index contributed by atoms with van der Waals surface area (Å²) in [5, 5.41) is 18.2. The van der Waals surface area contributed by atoms with E-state index < -0.39 is 35.9 Å². The van der Waals surface area contributed by atoms with E-state index in [0.29, 0.717) is 64.6 Å². The Kier molecular flexibility index (Phi) is 18.0. The molecule has 0 radical (unpaired) electrons. The van der Waals surface area contributed by atoms with Crippen molar-refractivity contribution in [2.45, 2.75) is 96.2 Å². The van der Waals surface area contributed by atoms with Crippen molar-refractivity contribution in [3.05, 3.63) is 40.8 Å². The van der Waals surface area contributed by atoms with Gasteiger partial charge in [0.15, 0.2) is 0 Å². The third-order valence-electron chi connectivity index (χ3n) is 6.69. The highest BCUT2D eigenvalue weighted by Gasteiger charge is 2.38. The number of hydrazine groups is 1. The number of carboxylic acids is 1. The molecular formula is C28H46N6O6. The van der Waals surface area contributed by atoms with Gasteiger partial charge in [0, 0.05) is 31.2 Å². The van der Waals surface area contributed by atoms with E-state index in [1.807, 2.05) is 44.2 Å². The lowest BCUT2D eigenvalue weighted by Gasteiger charge is -2.29. The predicted octanol–water partition coefficient (Wildman–Crippen LogP) is 2.26. The lowest BCUT2D eigenvalue weighted by atomic mass is 10.0. The number of nitroso groups, excluding NO2 is 1. The first-order chi connectivity index (χ1) is 19.4. The van der Waals surface area contributed by atoms with Crippen molar-refractivity contribution >= 4 is 23.7 Å². The fraction of sp³-hybridized carbons (Fsp3) is 0.643. The van der Waals surface area contributed by atoms with E-state index in [1.54, 1.807) is 0 Å². The number of hydrogen-bond donors (Lipinski definition) is 5. The molecule has 1 saturated heterocycles. The summed E-state index contributed by atoms with van der Waals surface area (Å²) in [5.41, 5.74) is 3.53. The maximum atomic E-state index is 13.4. The van der Waals surface area contributed by atoms with Crippen LogP contribution in [-0.4, -0.2) is 71.5 Å². The van der Waals surface area contributed by atoms with Crippen LogP contribution in [0.15, 0.2) is 35.5 Å². The molecule has 0 aliphatic carbocycles. The first-order valence-electron chi connectivity index (χ1n) is 14.3. The van der Waals surface area contributed by atoms with E-state index in [1.165, 1.54) is 4.90 Å². The SMILES string of the molecule is CC.NNCCCCC(=O)NCCCCC(NC(CCc1ccccc1)C(=O)O)C(=O)N1CCCC1C(=O)N=O. The van der Waals surface area contributed by atoms with Crippen molar-refractivity contribution in [3.63, 3.8) is 0 Å². The number of benzene rings is 1. The highest BCUT2D eigenvalue weighted by Crippen LogP contribution is 2.21. The van der Waals surface area contributed by atoms with Crippen LogP contribution in [0.2, 0.25) is 0 Å². The Morgan fingerprint density at radius 3 is 2.38 bits per heavy atom. The molecule has 12 nitrogen and oxygen atoms in total. The first-order valence-corrected chi connectivity index (χ1v) is 14.3. The van der Waals surface area contributed by atoms with Crippen LogP contribution in [0.4, 0.5) is 0 Å². The van der Waals surface area contributed by atoms with Gasteiger partial charge in [0.1, 0.15) is 12.1 Å². The Morgan fingerprint density at radius 2 is 1.73 bits per heavy atom. The first kappa shape index (κ1) is 34.8. The van der Waals surface area contributed by atoms with Crippen LogP contribution >= 0.6 is 0 Å². The van der Waals surface area contributed by atoms with Crippen LogP contribution in [0.25, 0.3) is 0 Å². The number of unbranched alkanes of at least 4 members (excludes halogenated alkanes) is 2. The van der Waals surface area contributed by atoms with Gasteiger partial charge in [0.2, 0.25) is 11.8 Å². The second-order valence-corrected chi connectivity index (χ2v) is 9.51. The number of amides is 3. The molecule has 0 bridgehead atoms. The van der Waals surface area contributed by atoms with Gasteiger partial charge in [-0.05, 0) is 63.4 Å². The fourth-order valence-corrected chi connectivity index (χ4v) is 4.61. The second-order valence-electron chi connectivity index (χ2n) is 9.51. The van der Waals surface area contributed by atoms with Gasteiger partial charge < -0.3 is 15.3 Å². The van der Waals surface area contributed by atoms with E-state index in [2.05, 4.69) is 21.2 Å². The zero-order valence-corrected chi connectivity index (χ0v) is 23.8. The summed E-state index contributed by atoms with van der Waals surface area (Å²) in [7, 11) is 0. The van der Waals surface area contributed by atoms with Gasteiger partial charge in [-0.25, -0.2) is 0 Å². The molecule has 1 aromatic carbocycles. The number of aryl methyl sites for hydroxylation is 1. The Hall–Kier alpha value is -3.22. The minimum atomic E-state index is -1.07. The summed E-state index contributed by atoms with van der Waals surface area (Å²) < 4.78 is 0. The molecule has 1 aliphatic heterocycles. The van der Waals surface area contributed by atoms with E-state index >= 15 is 0 Å². The number of nitrogens with two attached hydrogens (primary N) is 1. The van der Waals surface area contributed by atoms with E-state index in [4.69, 9.17) is 5.84 Å². The second kappa shape index (κ2) is 20.7. The molecule has 6 N–H and O–H groups in total. The van der Waals surface area contributed by atoms with Crippen LogP contribution < -0.4 is 21.9 Å². The summed E-state index contributed by atoms with van der Waals surface area (Å²) in [6.45, 7) is 5.39. The number of carbonyl (C=O) groups is 4. The summed E-state index contributed by atoms with van der Waals surface area (Å²) in [6.07, 6.45) is 5.09. The molecule has 1 heterocycles. The number of carbonyl (C=O) groups excluding carboxylic acids is 3. The number of nitrogens with zero attached hydrogens (tertiary/aromatic N) is 2. The molecule has 1 fully saturated rings. The Bertz CT molecular complexity index is 916. The molecule has 2 rings (SSSR count).